The molecule has 1 atom stereocenters. The van der Waals surface area contributed by atoms with Crippen molar-refractivity contribution in [1.82, 2.24) is 4.90 Å². The molecule has 23 heavy (non-hydrogen) atoms. The minimum atomic E-state index is -0.458. The number of nitrogens with zero attached hydrogens (tertiary/aromatic N) is 2. The van der Waals surface area contributed by atoms with E-state index < -0.39 is 6.04 Å². The number of nitrogens with two attached hydrogens (primary N) is 1. The van der Waals surface area contributed by atoms with E-state index in [0.717, 1.165) is 31.7 Å². The molecule has 1 aliphatic heterocycles. The van der Waals surface area contributed by atoms with Crippen LogP contribution in [0.4, 0.5) is 5.69 Å². The molecule has 2 N–H and O–H groups in total. The van der Waals surface area contributed by atoms with Gasteiger partial charge in [0, 0.05) is 31.9 Å². The summed E-state index contributed by atoms with van der Waals surface area (Å²) < 4.78 is 0. The fourth-order valence-electron chi connectivity index (χ4n) is 3.01. The smallest absolute Gasteiger partial charge is 0.239 e. The van der Waals surface area contributed by atoms with Crippen LogP contribution in [0, 0.1) is 0 Å². The second kappa shape index (κ2) is 7.29. The van der Waals surface area contributed by atoms with Gasteiger partial charge < -0.3 is 15.5 Å². The van der Waals surface area contributed by atoms with E-state index in [4.69, 9.17) is 5.73 Å². The first kappa shape index (κ1) is 15.6. The van der Waals surface area contributed by atoms with E-state index in [-0.39, 0.29) is 5.91 Å². The summed E-state index contributed by atoms with van der Waals surface area (Å²) in [5.74, 6) is 0.0570. The van der Waals surface area contributed by atoms with Crippen LogP contribution >= 0.6 is 0 Å². The van der Waals surface area contributed by atoms with E-state index >= 15 is 0 Å². The Bertz CT molecular complexity index is 622. The highest BCUT2D eigenvalue weighted by Crippen LogP contribution is 2.16. The number of hydrogen-bond donors (Lipinski definition) is 1. The maximum absolute atomic E-state index is 12.5. The highest BCUT2D eigenvalue weighted by molar-refractivity contribution is 5.82. The second-order valence-corrected chi connectivity index (χ2v) is 5.94. The summed E-state index contributed by atoms with van der Waals surface area (Å²) >= 11 is 0. The van der Waals surface area contributed by atoms with E-state index in [1.807, 2.05) is 53.4 Å². The van der Waals surface area contributed by atoms with Crippen LogP contribution < -0.4 is 10.6 Å². The molecule has 2 aromatic rings. The fraction of sp³-hybridized carbons (Fsp3) is 0.316. The summed E-state index contributed by atoms with van der Waals surface area (Å²) in [5, 5.41) is 0. The molecule has 0 bridgehead atoms. The van der Waals surface area contributed by atoms with Gasteiger partial charge in [0.15, 0.2) is 0 Å². The van der Waals surface area contributed by atoms with Crippen molar-refractivity contribution >= 4 is 11.6 Å². The Hall–Kier alpha value is -2.33. The number of anilines is 1. The quantitative estimate of drug-likeness (QED) is 0.938. The molecule has 3 rings (SSSR count). The topological polar surface area (TPSA) is 49.6 Å². The third-order valence-corrected chi connectivity index (χ3v) is 4.33. The lowest BCUT2D eigenvalue weighted by Crippen LogP contribution is -2.53. The molecule has 0 saturated carbocycles. The van der Waals surface area contributed by atoms with Crippen LogP contribution in [0.2, 0.25) is 0 Å². The van der Waals surface area contributed by atoms with Crippen LogP contribution in [0.25, 0.3) is 0 Å². The van der Waals surface area contributed by atoms with Crippen LogP contribution in [-0.2, 0) is 11.2 Å². The van der Waals surface area contributed by atoms with E-state index in [2.05, 4.69) is 17.0 Å². The van der Waals surface area contributed by atoms with Crippen molar-refractivity contribution in [3.05, 3.63) is 66.2 Å². The Morgan fingerprint density at radius 3 is 2.09 bits per heavy atom. The lowest BCUT2D eigenvalue weighted by atomic mass is 10.1. The van der Waals surface area contributed by atoms with Gasteiger partial charge >= 0.3 is 0 Å². The van der Waals surface area contributed by atoms with Crippen LogP contribution in [0.3, 0.4) is 0 Å². The molecule has 0 unspecified atom stereocenters. The first-order valence-electron chi connectivity index (χ1n) is 8.12. The van der Waals surface area contributed by atoms with E-state index in [1.165, 1.54) is 5.69 Å². The van der Waals surface area contributed by atoms with E-state index in [0.29, 0.717) is 6.42 Å². The number of amides is 1. The molecule has 4 nitrogen and oxygen atoms in total. The summed E-state index contributed by atoms with van der Waals surface area (Å²) in [6, 6.07) is 19.8. The monoisotopic (exact) mass is 309 g/mol. The molecule has 2 aromatic carbocycles. The van der Waals surface area contributed by atoms with Gasteiger partial charge in [-0.15, -0.1) is 0 Å². The van der Waals surface area contributed by atoms with Crippen LogP contribution in [0.5, 0.6) is 0 Å². The minimum Gasteiger partial charge on any atom is -0.368 e. The van der Waals surface area contributed by atoms with Crippen molar-refractivity contribution in [2.75, 3.05) is 31.1 Å². The Kier molecular flexibility index (Phi) is 4.93. The van der Waals surface area contributed by atoms with Gasteiger partial charge in [0.25, 0.3) is 0 Å². The normalized spacial score (nSPS) is 16.2. The molecule has 0 radical (unpaired) electrons. The highest BCUT2D eigenvalue weighted by Gasteiger charge is 2.25. The zero-order valence-electron chi connectivity index (χ0n) is 13.3. The van der Waals surface area contributed by atoms with E-state index in [1.54, 1.807) is 0 Å². The summed E-state index contributed by atoms with van der Waals surface area (Å²) in [4.78, 5) is 16.7. The van der Waals surface area contributed by atoms with Crippen LogP contribution in [0.15, 0.2) is 60.7 Å². The SMILES string of the molecule is N[C@H](Cc1ccccc1)C(=O)N1CCN(c2ccccc2)CC1. The summed E-state index contributed by atoms with van der Waals surface area (Å²) in [6.07, 6.45) is 0.596. The first-order chi connectivity index (χ1) is 11.2. The largest absolute Gasteiger partial charge is 0.368 e. The van der Waals surface area contributed by atoms with Gasteiger partial charge in [0.1, 0.15) is 0 Å². The molecular formula is C19H23N3O. The lowest BCUT2D eigenvalue weighted by molar-refractivity contribution is -0.132. The number of carbonyl (C=O) groups excluding carboxylic acids is 1. The van der Waals surface area contributed by atoms with Crippen LogP contribution in [-0.4, -0.2) is 43.0 Å². The Morgan fingerprint density at radius 2 is 1.48 bits per heavy atom. The molecule has 0 aliphatic carbocycles. The van der Waals surface area contributed by atoms with Gasteiger partial charge in [-0.2, -0.15) is 0 Å². The van der Waals surface area contributed by atoms with Gasteiger partial charge in [-0.25, -0.2) is 0 Å². The zero-order chi connectivity index (χ0) is 16.1. The maximum atomic E-state index is 12.5. The summed E-state index contributed by atoms with van der Waals surface area (Å²) in [6.45, 7) is 3.17. The van der Waals surface area contributed by atoms with E-state index in [9.17, 15) is 4.79 Å². The number of piperazine rings is 1. The van der Waals surface area contributed by atoms with Gasteiger partial charge in [-0.1, -0.05) is 48.5 Å². The second-order valence-electron chi connectivity index (χ2n) is 5.94. The molecular weight excluding hydrogens is 286 g/mol. The molecule has 1 heterocycles. The Morgan fingerprint density at radius 1 is 0.913 bits per heavy atom. The lowest BCUT2D eigenvalue weighted by Gasteiger charge is -2.37. The third-order valence-electron chi connectivity index (χ3n) is 4.33. The molecule has 120 valence electrons. The van der Waals surface area contributed by atoms with Crippen molar-refractivity contribution in [3.63, 3.8) is 0 Å². The number of para-hydroxylation sites is 1. The van der Waals surface area contributed by atoms with Crippen molar-refractivity contribution in [3.8, 4) is 0 Å². The predicted octanol–water partition coefficient (Wildman–Crippen LogP) is 1.91. The van der Waals surface area contributed by atoms with Crippen molar-refractivity contribution < 1.29 is 4.79 Å². The predicted molar refractivity (Wildman–Crippen MR) is 93.4 cm³/mol. The first-order valence-corrected chi connectivity index (χ1v) is 8.12. The van der Waals surface area contributed by atoms with Gasteiger partial charge in [0.2, 0.25) is 5.91 Å². The number of rotatable bonds is 4. The number of benzene rings is 2. The minimum absolute atomic E-state index is 0.0570. The summed E-state index contributed by atoms with van der Waals surface area (Å²) in [7, 11) is 0. The van der Waals surface area contributed by atoms with Crippen molar-refractivity contribution in [2.45, 2.75) is 12.5 Å². The Labute approximate surface area is 137 Å². The zero-order valence-corrected chi connectivity index (χ0v) is 13.3. The highest BCUT2D eigenvalue weighted by atomic mass is 16.2. The van der Waals surface area contributed by atoms with Gasteiger partial charge in [-0.05, 0) is 24.1 Å². The van der Waals surface area contributed by atoms with Crippen LogP contribution in [0.1, 0.15) is 5.56 Å². The molecule has 4 heteroatoms. The molecule has 1 fully saturated rings. The number of hydrogen-bond acceptors (Lipinski definition) is 3. The Balaban J connectivity index is 1.54. The molecule has 1 saturated heterocycles. The number of carbonyl (C=O) groups is 1. The third kappa shape index (κ3) is 3.90. The van der Waals surface area contributed by atoms with Gasteiger partial charge in [-0.3, -0.25) is 4.79 Å². The standard InChI is InChI=1S/C19H23N3O/c20-18(15-16-7-3-1-4-8-16)19(23)22-13-11-21(12-14-22)17-9-5-2-6-10-17/h1-10,18H,11-15,20H2/t18-/m1/s1. The van der Waals surface area contributed by atoms with Gasteiger partial charge in [0.05, 0.1) is 6.04 Å². The molecule has 0 aromatic heterocycles. The summed E-state index contributed by atoms with van der Waals surface area (Å²) in [5.41, 5.74) is 8.44. The van der Waals surface area contributed by atoms with Crippen molar-refractivity contribution in [2.24, 2.45) is 5.73 Å². The molecule has 0 spiro atoms. The fourth-order valence-corrected chi connectivity index (χ4v) is 3.01. The maximum Gasteiger partial charge on any atom is 0.239 e. The molecule has 1 aliphatic rings. The average Bonchev–Trinajstić information content (AvgIpc) is 2.63. The van der Waals surface area contributed by atoms with Crippen molar-refractivity contribution in [1.29, 1.82) is 0 Å². The molecule has 1 amide bonds. The average molecular weight is 309 g/mol.